The summed E-state index contributed by atoms with van der Waals surface area (Å²) < 4.78 is 21.8. The topological polar surface area (TPSA) is 63.3 Å². The molecule has 0 radical (unpaired) electrons. The minimum Gasteiger partial charge on any atom is -0.449 e. The molecule has 6 nitrogen and oxygen atoms in total. The molecule has 0 bridgehead atoms. The first-order valence-electron chi connectivity index (χ1n) is 12.6. The lowest BCUT2D eigenvalue weighted by Gasteiger charge is -2.19. The van der Waals surface area contributed by atoms with Crippen molar-refractivity contribution in [2.24, 2.45) is 0 Å². The number of hydrogen-bond acceptors (Lipinski definition) is 4. The van der Waals surface area contributed by atoms with Crippen LogP contribution < -0.4 is 10.2 Å². The van der Waals surface area contributed by atoms with E-state index in [4.69, 9.17) is 4.42 Å². The number of carbonyl (C=O) groups is 1. The molecule has 2 aromatic carbocycles. The molecule has 1 saturated carbocycles. The fourth-order valence-electron chi connectivity index (χ4n) is 4.89. The van der Waals surface area contributed by atoms with Gasteiger partial charge in [-0.1, -0.05) is 31.0 Å². The third kappa shape index (κ3) is 5.20. The average molecular weight is 487 g/mol. The smallest absolute Gasteiger partial charge is 0.287 e. The summed E-state index contributed by atoms with van der Waals surface area (Å²) in [7, 11) is 2.04. The highest BCUT2D eigenvalue weighted by Crippen LogP contribution is 2.39. The quantitative estimate of drug-likeness (QED) is 0.281. The molecule has 4 aromatic rings. The van der Waals surface area contributed by atoms with Crippen LogP contribution in [0.2, 0.25) is 0 Å². The number of imidazole rings is 1. The Morgan fingerprint density at radius 3 is 2.58 bits per heavy atom. The van der Waals surface area contributed by atoms with E-state index in [0.717, 1.165) is 48.4 Å². The Labute approximate surface area is 210 Å². The highest BCUT2D eigenvalue weighted by atomic mass is 19.1. The Bertz CT molecular complexity index is 1290. The molecule has 36 heavy (non-hydrogen) atoms. The molecule has 0 atom stereocenters. The van der Waals surface area contributed by atoms with Crippen molar-refractivity contribution in [3.05, 3.63) is 84.6 Å². The molecule has 5 rings (SSSR count). The van der Waals surface area contributed by atoms with Gasteiger partial charge in [0.15, 0.2) is 11.5 Å². The monoisotopic (exact) mass is 486 g/mol. The van der Waals surface area contributed by atoms with Crippen molar-refractivity contribution in [1.29, 1.82) is 0 Å². The van der Waals surface area contributed by atoms with Gasteiger partial charge in [-0.15, -0.1) is 0 Å². The molecule has 1 fully saturated rings. The molecule has 0 spiro atoms. The Hall–Kier alpha value is -3.87. The zero-order valence-electron chi connectivity index (χ0n) is 20.5. The van der Waals surface area contributed by atoms with Crippen LogP contribution in [0.4, 0.5) is 10.1 Å². The highest BCUT2D eigenvalue weighted by molar-refractivity contribution is 5.92. The molecule has 1 amide bonds. The minimum atomic E-state index is -0.289. The normalized spacial score (nSPS) is 13.7. The van der Waals surface area contributed by atoms with Crippen LogP contribution in [0.15, 0.2) is 77.5 Å². The van der Waals surface area contributed by atoms with Crippen molar-refractivity contribution in [3.8, 4) is 22.7 Å². The summed E-state index contributed by atoms with van der Waals surface area (Å²) in [5.41, 5.74) is 3.52. The molecular formula is C29H31FN4O2. The van der Waals surface area contributed by atoms with E-state index in [9.17, 15) is 9.18 Å². The number of aromatic nitrogens is 2. The first-order chi connectivity index (χ1) is 17.6. The number of amides is 1. The molecule has 1 aliphatic carbocycles. The highest BCUT2D eigenvalue weighted by Gasteiger charge is 2.26. The lowest BCUT2D eigenvalue weighted by molar-refractivity contribution is 0.0926. The molecular weight excluding hydrogens is 455 g/mol. The van der Waals surface area contributed by atoms with Crippen molar-refractivity contribution in [2.75, 3.05) is 25.0 Å². The van der Waals surface area contributed by atoms with E-state index in [1.54, 1.807) is 18.2 Å². The number of rotatable bonds is 9. The van der Waals surface area contributed by atoms with E-state index < -0.39 is 0 Å². The van der Waals surface area contributed by atoms with Crippen LogP contribution >= 0.6 is 0 Å². The number of anilines is 1. The van der Waals surface area contributed by atoms with E-state index in [-0.39, 0.29) is 17.5 Å². The molecule has 2 aromatic heterocycles. The van der Waals surface area contributed by atoms with Crippen molar-refractivity contribution in [1.82, 2.24) is 14.9 Å². The summed E-state index contributed by atoms with van der Waals surface area (Å²) in [4.78, 5) is 19.6. The Morgan fingerprint density at radius 1 is 1.08 bits per heavy atom. The van der Waals surface area contributed by atoms with Gasteiger partial charge < -0.3 is 19.2 Å². The SMILES string of the molecule is CN(CCCNC(=O)c1ccc(-c2c(-c3ccc(F)cc3)ncn2C2CCCC2)o1)c1ccccc1. The van der Waals surface area contributed by atoms with Gasteiger partial charge in [0, 0.05) is 37.4 Å². The fourth-order valence-corrected chi connectivity index (χ4v) is 4.89. The summed E-state index contributed by atoms with van der Waals surface area (Å²) in [5.74, 6) is 0.333. The first-order valence-corrected chi connectivity index (χ1v) is 12.6. The maximum atomic E-state index is 13.5. The summed E-state index contributed by atoms with van der Waals surface area (Å²) in [6.07, 6.45) is 7.18. The van der Waals surface area contributed by atoms with Gasteiger partial charge in [0.25, 0.3) is 5.91 Å². The zero-order chi connectivity index (χ0) is 24.9. The number of halogens is 1. The number of furan rings is 1. The number of para-hydroxylation sites is 1. The molecule has 0 saturated heterocycles. The van der Waals surface area contributed by atoms with Gasteiger partial charge in [-0.3, -0.25) is 4.79 Å². The third-order valence-corrected chi connectivity index (χ3v) is 6.85. The van der Waals surface area contributed by atoms with Crippen molar-refractivity contribution in [2.45, 2.75) is 38.1 Å². The van der Waals surface area contributed by atoms with Crippen molar-refractivity contribution in [3.63, 3.8) is 0 Å². The third-order valence-electron chi connectivity index (χ3n) is 6.85. The lowest BCUT2D eigenvalue weighted by atomic mass is 10.1. The van der Waals surface area contributed by atoms with E-state index in [2.05, 4.69) is 31.9 Å². The second-order valence-electron chi connectivity index (χ2n) is 9.32. The predicted octanol–water partition coefficient (Wildman–Crippen LogP) is 6.32. The largest absolute Gasteiger partial charge is 0.449 e. The maximum Gasteiger partial charge on any atom is 0.287 e. The number of hydrogen-bond donors (Lipinski definition) is 1. The van der Waals surface area contributed by atoms with Gasteiger partial charge in [-0.2, -0.15) is 0 Å². The number of nitrogens with zero attached hydrogens (tertiary/aromatic N) is 3. The Kier molecular flexibility index (Phi) is 7.16. The second-order valence-corrected chi connectivity index (χ2v) is 9.32. The minimum absolute atomic E-state index is 0.237. The molecule has 2 heterocycles. The average Bonchev–Trinajstić information content (AvgIpc) is 3.67. The summed E-state index contributed by atoms with van der Waals surface area (Å²) >= 11 is 0. The number of benzene rings is 2. The standard InChI is InChI=1S/C29H31FN4O2/c1-33(23-8-3-2-4-9-23)19-7-18-31-29(35)26-17-16-25(36-26)28-27(21-12-14-22(30)15-13-21)32-20-34(28)24-10-5-6-11-24/h2-4,8-9,12-17,20,24H,5-7,10-11,18-19H2,1H3,(H,31,35). The zero-order valence-corrected chi connectivity index (χ0v) is 20.5. The predicted molar refractivity (Wildman–Crippen MR) is 139 cm³/mol. The van der Waals surface area contributed by atoms with Crippen LogP contribution in [-0.4, -0.2) is 35.6 Å². The molecule has 1 N–H and O–H groups in total. The van der Waals surface area contributed by atoms with E-state index in [1.807, 2.05) is 37.6 Å². The van der Waals surface area contributed by atoms with Crippen LogP contribution in [0, 0.1) is 5.82 Å². The molecule has 0 aliphatic heterocycles. The van der Waals surface area contributed by atoms with Gasteiger partial charge in [0.2, 0.25) is 0 Å². The molecule has 7 heteroatoms. The number of carbonyl (C=O) groups excluding carboxylic acids is 1. The van der Waals surface area contributed by atoms with Gasteiger partial charge in [0.05, 0.1) is 12.0 Å². The van der Waals surface area contributed by atoms with Crippen LogP contribution in [0.1, 0.15) is 48.7 Å². The summed E-state index contributed by atoms with van der Waals surface area (Å²) in [5, 5.41) is 2.96. The van der Waals surface area contributed by atoms with Gasteiger partial charge in [0.1, 0.15) is 11.5 Å². The first kappa shape index (κ1) is 23.9. The Morgan fingerprint density at radius 2 is 1.83 bits per heavy atom. The van der Waals surface area contributed by atoms with Crippen molar-refractivity contribution < 1.29 is 13.6 Å². The second kappa shape index (κ2) is 10.8. The van der Waals surface area contributed by atoms with Gasteiger partial charge in [-0.25, -0.2) is 9.37 Å². The lowest BCUT2D eigenvalue weighted by Crippen LogP contribution is -2.27. The van der Waals surface area contributed by atoms with Crippen LogP contribution in [0.5, 0.6) is 0 Å². The molecule has 0 unspecified atom stereocenters. The molecule has 1 aliphatic rings. The van der Waals surface area contributed by atoms with Crippen LogP contribution in [0.25, 0.3) is 22.7 Å². The maximum absolute atomic E-state index is 13.5. The van der Waals surface area contributed by atoms with E-state index >= 15 is 0 Å². The van der Waals surface area contributed by atoms with Crippen LogP contribution in [0.3, 0.4) is 0 Å². The van der Waals surface area contributed by atoms with Crippen LogP contribution in [-0.2, 0) is 0 Å². The fraction of sp³-hybridized carbons (Fsp3) is 0.310. The van der Waals surface area contributed by atoms with Gasteiger partial charge >= 0.3 is 0 Å². The molecule has 186 valence electrons. The van der Waals surface area contributed by atoms with E-state index in [0.29, 0.717) is 18.3 Å². The Balaban J connectivity index is 1.29. The summed E-state index contributed by atoms with van der Waals surface area (Å²) in [6, 6.07) is 20.4. The van der Waals surface area contributed by atoms with E-state index in [1.165, 1.54) is 25.0 Å². The summed E-state index contributed by atoms with van der Waals surface area (Å²) in [6.45, 7) is 1.38. The number of nitrogens with one attached hydrogen (secondary N) is 1. The van der Waals surface area contributed by atoms with Crippen molar-refractivity contribution >= 4 is 11.6 Å². The van der Waals surface area contributed by atoms with Gasteiger partial charge in [-0.05, 0) is 67.8 Å².